The number of thiazole rings is 1. The molecule has 1 saturated heterocycles. The maximum absolute atomic E-state index is 13.1. The normalized spacial score (nSPS) is 17.2. The van der Waals surface area contributed by atoms with Gasteiger partial charge in [0.1, 0.15) is 10.4 Å². The first-order valence-electron chi connectivity index (χ1n) is 11.4. The summed E-state index contributed by atoms with van der Waals surface area (Å²) in [6.45, 7) is 6.29. The van der Waals surface area contributed by atoms with Crippen LogP contribution in [0, 0.1) is 6.92 Å². The Morgan fingerprint density at radius 1 is 1.22 bits per heavy atom. The maximum Gasteiger partial charge on any atom is 0.350 e. The Hall–Kier alpha value is -2.49. The van der Waals surface area contributed by atoms with Crippen LogP contribution in [0.2, 0.25) is 0 Å². The van der Waals surface area contributed by atoms with Gasteiger partial charge in [-0.25, -0.2) is 14.6 Å². The van der Waals surface area contributed by atoms with Crippen LogP contribution in [0.4, 0.5) is 9.93 Å². The molecule has 1 aliphatic carbocycles. The number of aromatic nitrogens is 1. The van der Waals surface area contributed by atoms with E-state index in [0.29, 0.717) is 35.1 Å². The fourth-order valence-electron chi connectivity index (χ4n) is 4.27. The van der Waals surface area contributed by atoms with Crippen molar-refractivity contribution in [2.75, 3.05) is 24.6 Å². The van der Waals surface area contributed by atoms with Gasteiger partial charge in [0.2, 0.25) is 5.91 Å². The van der Waals surface area contributed by atoms with Crippen molar-refractivity contribution >= 4 is 40.3 Å². The van der Waals surface area contributed by atoms with Gasteiger partial charge in [-0.05, 0) is 33.1 Å². The summed E-state index contributed by atoms with van der Waals surface area (Å²) in [6, 6.07) is -0.420. The molecule has 0 atom stereocenters. The summed E-state index contributed by atoms with van der Waals surface area (Å²) >= 11 is 1.14. The molecule has 32 heavy (non-hydrogen) atoms. The minimum atomic E-state index is -0.776. The second-order valence-corrected chi connectivity index (χ2v) is 9.29. The minimum Gasteiger partial charge on any atom is -0.462 e. The van der Waals surface area contributed by atoms with E-state index in [1.807, 2.05) is 0 Å². The highest BCUT2D eigenvalue weighted by Gasteiger charge is 2.52. The van der Waals surface area contributed by atoms with Gasteiger partial charge >= 0.3 is 12.0 Å². The minimum absolute atomic E-state index is 0.00866. The smallest absolute Gasteiger partial charge is 0.350 e. The van der Waals surface area contributed by atoms with Crippen LogP contribution in [0.3, 0.4) is 0 Å². The van der Waals surface area contributed by atoms with Crippen LogP contribution in [0.15, 0.2) is 0 Å². The Kier molecular flexibility index (Phi) is 7.86. The zero-order valence-corrected chi connectivity index (χ0v) is 19.9. The van der Waals surface area contributed by atoms with Crippen molar-refractivity contribution in [1.82, 2.24) is 15.2 Å². The van der Waals surface area contributed by atoms with Gasteiger partial charge in [0, 0.05) is 19.5 Å². The van der Waals surface area contributed by atoms with E-state index >= 15 is 0 Å². The molecule has 0 aromatic carbocycles. The van der Waals surface area contributed by atoms with Gasteiger partial charge in [-0.15, -0.1) is 0 Å². The molecule has 4 amide bonds. The number of hydrogen-bond acceptors (Lipinski definition) is 7. The number of anilines is 1. The zero-order valence-electron chi connectivity index (χ0n) is 19.1. The van der Waals surface area contributed by atoms with Gasteiger partial charge in [0.15, 0.2) is 5.13 Å². The van der Waals surface area contributed by atoms with E-state index in [4.69, 9.17) is 4.74 Å². The van der Waals surface area contributed by atoms with Crippen molar-refractivity contribution in [3.63, 3.8) is 0 Å². The number of rotatable bonds is 10. The number of amides is 4. The third kappa shape index (κ3) is 4.95. The van der Waals surface area contributed by atoms with E-state index in [9.17, 15) is 19.2 Å². The van der Waals surface area contributed by atoms with Crippen LogP contribution in [-0.2, 0) is 14.3 Å². The zero-order chi connectivity index (χ0) is 23.3. The summed E-state index contributed by atoms with van der Waals surface area (Å²) in [5, 5.41) is 3.28. The first-order chi connectivity index (χ1) is 15.3. The molecule has 1 saturated carbocycles. The van der Waals surface area contributed by atoms with E-state index < -0.39 is 17.5 Å². The molecule has 2 aliphatic rings. The van der Waals surface area contributed by atoms with Crippen LogP contribution in [0.5, 0.6) is 0 Å². The fourth-order valence-corrected chi connectivity index (χ4v) is 5.27. The van der Waals surface area contributed by atoms with Crippen molar-refractivity contribution in [3.05, 3.63) is 10.6 Å². The lowest BCUT2D eigenvalue weighted by molar-refractivity contribution is -0.131. The van der Waals surface area contributed by atoms with Gasteiger partial charge in [-0.3, -0.25) is 19.4 Å². The largest absolute Gasteiger partial charge is 0.462 e. The number of carbonyl (C=O) groups excluding carboxylic acids is 4. The molecule has 10 heteroatoms. The molecule has 1 aliphatic heterocycles. The van der Waals surface area contributed by atoms with Crippen LogP contribution < -0.4 is 10.2 Å². The van der Waals surface area contributed by atoms with E-state index in [0.717, 1.165) is 43.4 Å². The molecule has 1 aromatic rings. The fraction of sp³-hybridized carbons (Fsp3) is 0.682. The Bertz CT molecular complexity index is 878. The predicted molar refractivity (Wildman–Crippen MR) is 121 cm³/mol. The quantitative estimate of drug-likeness (QED) is 0.323. The molecular formula is C22H32N4O5S. The highest BCUT2D eigenvalue weighted by molar-refractivity contribution is 7.17. The predicted octanol–water partition coefficient (Wildman–Crippen LogP) is 3.41. The molecule has 2 fully saturated rings. The summed E-state index contributed by atoms with van der Waals surface area (Å²) in [6.07, 6.45) is 5.88. The summed E-state index contributed by atoms with van der Waals surface area (Å²) in [4.78, 5) is 58.1. The molecule has 0 radical (unpaired) electrons. The van der Waals surface area contributed by atoms with Crippen molar-refractivity contribution in [1.29, 1.82) is 0 Å². The molecule has 1 aromatic heterocycles. The first kappa shape index (κ1) is 24.2. The monoisotopic (exact) mass is 464 g/mol. The van der Waals surface area contributed by atoms with Gasteiger partial charge < -0.3 is 10.1 Å². The number of imide groups is 1. The highest BCUT2D eigenvalue weighted by atomic mass is 32.1. The maximum atomic E-state index is 13.1. The topological polar surface area (TPSA) is 109 Å². The Morgan fingerprint density at radius 2 is 1.94 bits per heavy atom. The summed E-state index contributed by atoms with van der Waals surface area (Å²) < 4.78 is 5.08. The second kappa shape index (κ2) is 10.4. The van der Waals surface area contributed by atoms with Gasteiger partial charge in [-0.2, -0.15) is 0 Å². The third-order valence-corrected chi connectivity index (χ3v) is 7.18. The molecule has 2 heterocycles. The van der Waals surface area contributed by atoms with E-state index in [1.165, 1.54) is 4.90 Å². The van der Waals surface area contributed by atoms with Crippen LogP contribution in [0.1, 0.15) is 80.6 Å². The number of esters is 1. The summed E-state index contributed by atoms with van der Waals surface area (Å²) in [5.74, 6) is -0.894. The van der Waals surface area contributed by atoms with E-state index in [-0.39, 0.29) is 31.4 Å². The van der Waals surface area contributed by atoms with Crippen molar-refractivity contribution in [3.8, 4) is 0 Å². The van der Waals surface area contributed by atoms with Crippen molar-refractivity contribution < 1.29 is 23.9 Å². The number of nitrogens with zero attached hydrogens (tertiary/aromatic N) is 3. The van der Waals surface area contributed by atoms with E-state index in [2.05, 4.69) is 17.2 Å². The third-order valence-electron chi connectivity index (χ3n) is 6.02. The van der Waals surface area contributed by atoms with Gasteiger partial charge in [0.05, 0.1) is 12.3 Å². The van der Waals surface area contributed by atoms with Crippen molar-refractivity contribution in [2.24, 2.45) is 0 Å². The number of nitrogens with one attached hydrogen (secondary N) is 1. The standard InChI is InChI=1S/C22H32N4O5S/c1-4-6-9-13-25(21-23-15(3)17(32-21)18(28)31-5-2)16(27)10-14-26-19(29)22(24-20(26)30)11-7-8-12-22/h4-14H2,1-3H3,(H,24,30). The molecule has 3 rings (SSSR count). The molecule has 1 N–H and O–H groups in total. The van der Waals surface area contributed by atoms with Crippen LogP contribution in [0.25, 0.3) is 0 Å². The lowest BCUT2D eigenvalue weighted by Crippen LogP contribution is -2.44. The molecular weight excluding hydrogens is 432 g/mol. The first-order valence-corrected chi connectivity index (χ1v) is 12.2. The molecule has 9 nitrogen and oxygen atoms in total. The Morgan fingerprint density at radius 3 is 2.59 bits per heavy atom. The van der Waals surface area contributed by atoms with Crippen LogP contribution >= 0.6 is 11.3 Å². The van der Waals surface area contributed by atoms with E-state index in [1.54, 1.807) is 18.7 Å². The van der Waals surface area contributed by atoms with Crippen molar-refractivity contribution in [2.45, 2.75) is 77.7 Å². The molecule has 0 unspecified atom stereocenters. The van der Waals surface area contributed by atoms with Gasteiger partial charge in [0.25, 0.3) is 5.91 Å². The Labute approximate surface area is 192 Å². The number of carbonyl (C=O) groups is 4. The Balaban J connectivity index is 1.71. The average molecular weight is 465 g/mol. The highest BCUT2D eigenvalue weighted by Crippen LogP contribution is 2.35. The SMILES string of the molecule is CCCCCN(C(=O)CCN1C(=O)NC2(CCCC2)C1=O)c1nc(C)c(C(=O)OCC)s1. The molecule has 176 valence electrons. The number of unbranched alkanes of at least 4 members (excludes halogenated alkanes) is 2. The summed E-state index contributed by atoms with van der Waals surface area (Å²) in [7, 11) is 0. The molecule has 1 spiro atoms. The van der Waals surface area contributed by atoms with Crippen LogP contribution in [-0.4, -0.2) is 58.9 Å². The second-order valence-electron chi connectivity index (χ2n) is 8.31. The number of ether oxygens (including phenoxy) is 1. The lowest BCUT2D eigenvalue weighted by Gasteiger charge is -2.22. The number of urea groups is 1. The lowest BCUT2D eigenvalue weighted by atomic mass is 9.98. The number of hydrogen-bond donors (Lipinski definition) is 1. The molecule has 0 bridgehead atoms. The number of aryl methyl sites for hydroxylation is 1. The van der Waals surface area contributed by atoms with Gasteiger partial charge in [-0.1, -0.05) is 43.9 Å². The average Bonchev–Trinajstić information content (AvgIpc) is 3.43. The summed E-state index contributed by atoms with van der Waals surface area (Å²) in [5.41, 5.74) is -0.254.